The highest BCUT2D eigenvalue weighted by Gasteiger charge is 2.14. The second kappa shape index (κ2) is 5.01. The Morgan fingerprint density at radius 2 is 1.89 bits per heavy atom. The summed E-state index contributed by atoms with van der Waals surface area (Å²) in [5.74, 6) is 0.766. The van der Waals surface area contributed by atoms with Gasteiger partial charge in [-0.1, -0.05) is 0 Å². The number of nitrogens with one attached hydrogen (secondary N) is 1. The molecule has 2 rings (SSSR count). The second-order valence-electron chi connectivity index (χ2n) is 3.37. The van der Waals surface area contributed by atoms with Gasteiger partial charge in [0.2, 0.25) is 0 Å². The van der Waals surface area contributed by atoms with Crippen LogP contribution in [0.2, 0.25) is 0 Å². The molecule has 0 saturated heterocycles. The van der Waals surface area contributed by atoms with Gasteiger partial charge in [-0.2, -0.15) is 0 Å². The molecule has 0 aliphatic carbocycles. The molecule has 0 atom stereocenters. The molecule has 0 amide bonds. The zero-order valence-corrected chi connectivity index (χ0v) is 10.4. The molecule has 0 saturated carbocycles. The summed E-state index contributed by atoms with van der Waals surface area (Å²) in [6.45, 7) is 0. The zero-order chi connectivity index (χ0) is 13.0. The van der Waals surface area contributed by atoms with E-state index in [0.29, 0.717) is 5.75 Å². The Balaban J connectivity index is 2.25. The lowest BCUT2D eigenvalue weighted by Crippen LogP contribution is -2.13. The number of hydrogen-bond donors (Lipinski definition) is 1. The van der Waals surface area contributed by atoms with Gasteiger partial charge < -0.3 is 4.74 Å². The predicted octanol–water partition coefficient (Wildman–Crippen LogP) is 1.29. The van der Waals surface area contributed by atoms with Crippen LogP contribution in [0.3, 0.4) is 0 Å². The van der Waals surface area contributed by atoms with E-state index in [-0.39, 0.29) is 10.7 Å². The summed E-state index contributed by atoms with van der Waals surface area (Å²) in [5.41, 5.74) is 0. The summed E-state index contributed by atoms with van der Waals surface area (Å²) in [4.78, 5) is 7.76. The lowest BCUT2D eigenvalue weighted by Gasteiger charge is -2.07. The van der Waals surface area contributed by atoms with E-state index in [9.17, 15) is 8.42 Å². The molecule has 0 aliphatic heterocycles. The van der Waals surface area contributed by atoms with Crippen molar-refractivity contribution in [3.63, 3.8) is 0 Å². The summed E-state index contributed by atoms with van der Waals surface area (Å²) in [6.07, 6.45) is 4.21. The van der Waals surface area contributed by atoms with Gasteiger partial charge in [0.1, 0.15) is 5.75 Å². The fraction of sp³-hybridized carbons (Fsp3) is 0.0909. The first kappa shape index (κ1) is 12.3. The second-order valence-corrected chi connectivity index (χ2v) is 5.05. The van der Waals surface area contributed by atoms with Gasteiger partial charge in [-0.05, 0) is 24.3 Å². The standard InChI is InChI=1S/C11H11N3O3S/c1-17-9-2-4-10(5-3-9)18(15,16)14-11-8-12-6-7-13-11/h2-8H,1H3,(H,13,14). The molecular weight excluding hydrogens is 254 g/mol. The zero-order valence-electron chi connectivity index (χ0n) is 9.57. The molecule has 0 aliphatic rings. The van der Waals surface area contributed by atoms with E-state index in [1.807, 2.05) is 0 Å². The van der Waals surface area contributed by atoms with Gasteiger partial charge in [-0.25, -0.2) is 13.4 Å². The minimum absolute atomic E-state index is 0.133. The van der Waals surface area contributed by atoms with Crippen LogP contribution in [-0.2, 0) is 10.0 Å². The maximum absolute atomic E-state index is 12.0. The topological polar surface area (TPSA) is 81.2 Å². The number of rotatable bonds is 4. The normalized spacial score (nSPS) is 10.9. The van der Waals surface area contributed by atoms with Crippen LogP contribution in [0, 0.1) is 0 Å². The number of nitrogens with zero attached hydrogens (tertiary/aromatic N) is 2. The maximum Gasteiger partial charge on any atom is 0.263 e. The van der Waals surface area contributed by atoms with Gasteiger partial charge in [0.25, 0.3) is 10.0 Å². The Labute approximate surface area is 105 Å². The third-order valence-electron chi connectivity index (χ3n) is 2.17. The molecule has 1 heterocycles. The number of methoxy groups -OCH3 is 1. The Kier molecular flexibility index (Phi) is 3.42. The minimum atomic E-state index is -3.65. The average Bonchev–Trinajstić information content (AvgIpc) is 2.39. The van der Waals surface area contributed by atoms with Crippen molar-refractivity contribution in [1.82, 2.24) is 9.97 Å². The highest BCUT2D eigenvalue weighted by molar-refractivity contribution is 7.92. The molecule has 1 aromatic heterocycles. The van der Waals surface area contributed by atoms with Crippen LogP contribution in [0.1, 0.15) is 0 Å². The number of ether oxygens (including phenoxy) is 1. The van der Waals surface area contributed by atoms with Crippen molar-refractivity contribution in [2.75, 3.05) is 11.8 Å². The predicted molar refractivity (Wildman–Crippen MR) is 65.8 cm³/mol. The third-order valence-corrected chi connectivity index (χ3v) is 3.54. The van der Waals surface area contributed by atoms with Crippen LogP contribution in [0.15, 0.2) is 47.8 Å². The smallest absolute Gasteiger partial charge is 0.263 e. The molecule has 0 bridgehead atoms. The van der Waals surface area contributed by atoms with E-state index in [0.717, 1.165) is 0 Å². The molecule has 94 valence electrons. The van der Waals surface area contributed by atoms with Crippen LogP contribution in [0.5, 0.6) is 5.75 Å². The molecular formula is C11H11N3O3S. The van der Waals surface area contributed by atoms with Crippen LogP contribution in [-0.4, -0.2) is 25.5 Å². The SMILES string of the molecule is COc1ccc(S(=O)(=O)Nc2cnccn2)cc1. The van der Waals surface area contributed by atoms with E-state index < -0.39 is 10.0 Å². The van der Waals surface area contributed by atoms with Crippen molar-refractivity contribution < 1.29 is 13.2 Å². The van der Waals surface area contributed by atoms with Gasteiger partial charge in [0.05, 0.1) is 18.2 Å². The highest BCUT2D eigenvalue weighted by Crippen LogP contribution is 2.17. The van der Waals surface area contributed by atoms with Crippen molar-refractivity contribution in [1.29, 1.82) is 0 Å². The molecule has 1 N–H and O–H groups in total. The van der Waals surface area contributed by atoms with E-state index in [2.05, 4.69) is 14.7 Å². The summed E-state index contributed by atoms with van der Waals surface area (Å²) < 4.78 is 31.3. The number of anilines is 1. The third kappa shape index (κ3) is 2.75. The monoisotopic (exact) mass is 265 g/mol. The van der Waals surface area contributed by atoms with Gasteiger partial charge in [0.15, 0.2) is 5.82 Å². The summed E-state index contributed by atoms with van der Waals surface area (Å²) >= 11 is 0. The Hall–Kier alpha value is -2.15. The van der Waals surface area contributed by atoms with Crippen molar-refractivity contribution >= 4 is 15.8 Å². The van der Waals surface area contributed by atoms with E-state index in [4.69, 9.17) is 4.74 Å². The Morgan fingerprint density at radius 3 is 2.44 bits per heavy atom. The fourth-order valence-corrected chi connectivity index (χ4v) is 2.30. The first-order valence-corrected chi connectivity index (χ1v) is 6.53. The number of benzene rings is 1. The summed E-state index contributed by atoms with van der Waals surface area (Å²) in [6, 6.07) is 6.06. The lowest BCUT2D eigenvalue weighted by molar-refractivity contribution is 0.414. The quantitative estimate of drug-likeness (QED) is 0.900. The van der Waals surface area contributed by atoms with E-state index >= 15 is 0 Å². The van der Waals surface area contributed by atoms with Crippen LogP contribution >= 0.6 is 0 Å². The first-order chi connectivity index (χ1) is 8.62. The van der Waals surface area contributed by atoms with Gasteiger partial charge in [-0.15, -0.1) is 0 Å². The van der Waals surface area contributed by atoms with Crippen LogP contribution in [0.25, 0.3) is 0 Å². The van der Waals surface area contributed by atoms with E-state index in [1.54, 1.807) is 12.1 Å². The van der Waals surface area contributed by atoms with Crippen molar-refractivity contribution in [3.05, 3.63) is 42.9 Å². The van der Waals surface area contributed by atoms with Crippen molar-refractivity contribution in [2.24, 2.45) is 0 Å². The summed E-state index contributed by atoms with van der Waals surface area (Å²) in [5, 5.41) is 0. The Morgan fingerprint density at radius 1 is 1.17 bits per heavy atom. The number of hydrogen-bond acceptors (Lipinski definition) is 5. The van der Waals surface area contributed by atoms with Gasteiger partial charge in [-0.3, -0.25) is 9.71 Å². The number of aromatic nitrogens is 2. The van der Waals surface area contributed by atoms with Crippen LogP contribution < -0.4 is 9.46 Å². The molecule has 0 spiro atoms. The van der Waals surface area contributed by atoms with Crippen molar-refractivity contribution in [2.45, 2.75) is 4.90 Å². The molecule has 0 radical (unpaired) electrons. The van der Waals surface area contributed by atoms with Gasteiger partial charge >= 0.3 is 0 Å². The van der Waals surface area contributed by atoms with E-state index in [1.165, 1.54) is 37.8 Å². The Bertz CT molecular complexity index is 612. The largest absolute Gasteiger partial charge is 0.497 e. The maximum atomic E-state index is 12.0. The minimum Gasteiger partial charge on any atom is -0.497 e. The molecule has 2 aromatic rings. The first-order valence-electron chi connectivity index (χ1n) is 5.05. The summed E-state index contributed by atoms with van der Waals surface area (Å²) in [7, 11) is -2.13. The molecule has 1 aromatic carbocycles. The number of sulfonamides is 1. The van der Waals surface area contributed by atoms with Crippen LogP contribution in [0.4, 0.5) is 5.82 Å². The molecule has 0 unspecified atom stereocenters. The average molecular weight is 265 g/mol. The molecule has 7 heteroatoms. The highest BCUT2D eigenvalue weighted by atomic mass is 32.2. The fourth-order valence-electron chi connectivity index (χ4n) is 1.30. The lowest BCUT2D eigenvalue weighted by atomic mass is 10.3. The van der Waals surface area contributed by atoms with Gasteiger partial charge in [0, 0.05) is 12.4 Å². The molecule has 6 nitrogen and oxygen atoms in total. The van der Waals surface area contributed by atoms with Crippen molar-refractivity contribution in [3.8, 4) is 5.75 Å². The molecule has 18 heavy (non-hydrogen) atoms. The molecule has 0 fully saturated rings.